The Labute approximate surface area is 101 Å². The molecule has 84 valence electrons. The maximum Gasteiger partial charge on any atom is 0.249 e. The topological polar surface area (TPSA) is 62.3 Å². The number of halogens is 1. The van der Waals surface area contributed by atoms with Gasteiger partial charge in [0.2, 0.25) is 11.8 Å². The van der Waals surface area contributed by atoms with Gasteiger partial charge in [-0.2, -0.15) is 0 Å². The summed E-state index contributed by atoms with van der Waals surface area (Å²) in [6.07, 6.45) is 1.64. The number of imide groups is 1. The van der Waals surface area contributed by atoms with Crippen molar-refractivity contribution in [1.82, 2.24) is 10.3 Å². The molecule has 0 saturated carbocycles. The molecule has 1 aliphatic heterocycles. The summed E-state index contributed by atoms with van der Waals surface area (Å²) in [4.78, 5) is 28.5. The third-order valence-electron chi connectivity index (χ3n) is 2.43. The van der Waals surface area contributed by atoms with E-state index in [1.54, 1.807) is 24.1 Å². The van der Waals surface area contributed by atoms with E-state index in [1.807, 2.05) is 6.07 Å². The molecule has 5 nitrogen and oxygen atoms in total. The van der Waals surface area contributed by atoms with Crippen LogP contribution >= 0.6 is 15.9 Å². The van der Waals surface area contributed by atoms with E-state index in [4.69, 9.17) is 0 Å². The van der Waals surface area contributed by atoms with Crippen molar-refractivity contribution in [1.29, 1.82) is 0 Å². The maximum atomic E-state index is 11.4. The van der Waals surface area contributed by atoms with Gasteiger partial charge in [0.15, 0.2) is 0 Å². The van der Waals surface area contributed by atoms with Crippen molar-refractivity contribution < 1.29 is 9.59 Å². The van der Waals surface area contributed by atoms with E-state index in [9.17, 15) is 9.59 Å². The monoisotopic (exact) mass is 283 g/mol. The molecule has 16 heavy (non-hydrogen) atoms. The standard InChI is InChI=1S/C10H10BrN3O2/c1-6-10(16)13-9(15)5-14(6)8-3-2-7(11)4-12-8/h2-4,6H,5H2,1H3,(H,13,15,16). The molecule has 2 heterocycles. The van der Waals surface area contributed by atoms with Gasteiger partial charge in [-0.3, -0.25) is 14.9 Å². The summed E-state index contributed by atoms with van der Waals surface area (Å²) in [5, 5.41) is 2.28. The Balaban J connectivity index is 2.28. The highest BCUT2D eigenvalue weighted by molar-refractivity contribution is 9.10. The Kier molecular flexibility index (Phi) is 2.91. The predicted molar refractivity (Wildman–Crippen MR) is 61.9 cm³/mol. The zero-order valence-corrected chi connectivity index (χ0v) is 10.2. The minimum Gasteiger partial charge on any atom is -0.336 e. The van der Waals surface area contributed by atoms with Crippen molar-refractivity contribution in [3.8, 4) is 0 Å². The fourth-order valence-electron chi connectivity index (χ4n) is 1.53. The molecule has 6 heteroatoms. The second kappa shape index (κ2) is 4.21. The first-order chi connectivity index (χ1) is 7.58. The van der Waals surface area contributed by atoms with Crippen LogP contribution in [0.4, 0.5) is 5.82 Å². The molecular formula is C10H10BrN3O2. The molecule has 1 aromatic heterocycles. The van der Waals surface area contributed by atoms with Crippen LogP contribution in [0.5, 0.6) is 0 Å². The Morgan fingerprint density at radius 2 is 2.25 bits per heavy atom. The molecule has 1 fully saturated rings. The smallest absolute Gasteiger partial charge is 0.249 e. The Morgan fingerprint density at radius 1 is 1.50 bits per heavy atom. The molecule has 1 saturated heterocycles. The van der Waals surface area contributed by atoms with Gasteiger partial charge in [0.05, 0.1) is 6.54 Å². The Hall–Kier alpha value is -1.43. The number of rotatable bonds is 1. The number of anilines is 1. The van der Waals surface area contributed by atoms with Gasteiger partial charge in [-0.05, 0) is 35.0 Å². The van der Waals surface area contributed by atoms with Crippen molar-refractivity contribution in [2.24, 2.45) is 0 Å². The lowest BCUT2D eigenvalue weighted by atomic mass is 10.2. The van der Waals surface area contributed by atoms with E-state index in [0.29, 0.717) is 5.82 Å². The number of piperazine rings is 1. The molecule has 1 aliphatic rings. The lowest BCUT2D eigenvalue weighted by Crippen LogP contribution is -2.57. The minimum absolute atomic E-state index is 0.154. The number of hydrogen-bond donors (Lipinski definition) is 1. The highest BCUT2D eigenvalue weighted by Crippen LogP contribution is 2.18. The lowest BCUT2D eigenvalue weighted by Gasteiger charge is -2.32. The summed E-state index contributed by atoms with van der Waals surface area (Å²) in [6.45, 7) is 1.90. The highest BCUT2D eigenvalue weighted by Gasteiger charge is 2.30. The summed E-state index contributed by atoms with van der Waals surface area (Å²) in [6, 6.07) is 3.21. The largest absolute Gasteiger partial charge is 0.336 e. The Morgan fingerprint density at radius 3 is 2.88 bits per heavy atom. The first-order valence-electron chi connectivity index (χ1n) is 4.80. The molecule has 2 amide bonds. The zero-order valence-electron chi connectivity index (χ0n) is 8.61. The molecule has 1 aromatic rings. The molecule has 0 radical (unpaired) electrons. The van der Waals surface area contributed by atoms with E-state index >= 15 is 0 Å². The number of aromatic nitrogens is 1. The van der Waals surface area contributed by atoms with Crippen molar-refractivity contribution >= 4 is 33.6 Å². The molecular weight excluding hydrogens is 274 g/mol. The van der Waals surface area contributed by atoms with Crippen LogP contribution in [0.2, 0.25) is 0 Å². The number of amides is 2. The lowest BCUT2D eigenvalue weighted by molar-refractivity contribution is -0.132. The van der Waals surface area contributed by atoms with Gasteiger partial charge < -0.3 is 4.90 Å². The van der Waals surface area contributed by atoms with Gasteiger partial charge in [-0.15, -0.1) is 0 Å². The summed E-state index contributed by atoms with van der Waals surface area (Å²) in [5.41, 5.74) is 0. The molecule has 0 aliphatic carbocycles. The van der Waals surface area contributed by atoms with Crippen LogP contribution in [0.15, 0.2) is 22.8 Å². The number of nitrogens with zero attached hydrogens (tertiary/aromatic N) is 2. The summed E-state index contributed by atoms with van der Waals surface area (Å²) >= 11 is 3.28. The third-order valence-corrected chi connectivity index (χ3v) is 2.90. The number of hydrogen-bond acceptors (Lipinski definition) is 4. The fourth-order valence-corrected chi connectivity index (χ4v) is 1.77. The van der Waals surface area contributed by atoms with Gasteiger partial charge in [0.1, 0.15) is 11.9 Å². The average Bonchev–Trinajstić information content (AvgIpc) is 2.25. The quantitative estimate of drug-likeness (QED) is 0.771. The SMILES string of the molecule is CC1C(=O)NC(=O)CN1c1ccc(Br)cn1. The third kappa shape index (κ3) is 2.06. The van der Waals surface area contributed by atoms with Crippen molar-refractivity contribution in [3.63, 3.8) is 0 Å². The van der Waals surface area contributed by atoms with Crippen LogP contribution in [0, 0.1) is 0 Å². The van der Waals surface area contributed by atoms with Gasteiger partial charge in [0.25, 0.3) is 0 Å². The van der Waals surface area contributed by atoms with Crippen molar-refractivity contribution in [2.45, 2.75) is 13.0 Å². The van der Waals surface area contributed by atoms with Gasteiger partial charge >= 0.3 is 0 Å². The Bertz CT molecular complexity index is 432. The van der Waals surface area contributed by atoms with Crippen LogP contribution < -0.4 is 10.2 Å². The zero-order chi connectivity index (χ0) is 11.7. The summed E-state index contributed by atoms with van der Waals surface area (Å²) in [5.74, 6) is 0.0349. The predicted octanol–water partition coefficient (Wildman–Crippen LogP) is 0.695. The van der Waals surface area contributed by atoms with Gasteiger partial charge in [-0.1, -0.05) is 0 Å². The van der Waals surface area contributed by atoms with Crippen LogP contribution in [0.25, 0.3) is 0 Å². The highest BCUT2D eigenvalue weighted by atomic mass is 79.9. The molecule has 0 bridgehead atoms. The second-order valence-electron chi connectivity index (χ2n) is 3.55. The van der Waals surface area contributed by atoms with Gasteiger partial charge in [0, 0.05) is 10.7 Å². The number of carbonyl (C=O) groups excluding carboxylic acids is 2. The molecule has 0 spiro atoms. The van der Waals surface area contributed by atoms with E-state index in [0.717, 1.165) is 4.47 Å². The minimum atomic E-state index is -0.383. The summed E-state index contributed by atoms with van der Waals surface area (Å²) in [7, 11) is 0. The van der Waals surface area contributed by atoms with Crippen molar-refractivity contribution in [3.05, 3.63) is 22.8 Å². The molecule has 1 atom stereocenters. The van der Waals surface area contributed by atoms with E-state index in [-0.39, 0.29) is 24.4 Å². The maximum absolute atomic E-state index is 11.4. The number of carbonyl (C=O) groups is 2. The van der Waals surface area contributed by atoms with E-state index in [1.165, 1.54) is 0 Å². The second-order valence-corrected chi connectivity index (χ2v) is 4.47. The van der Waals surface area contributed by atoms with Crippen molar-refractivity contribution in [2.75, 3.05) is 11.4 Å². The molecule has 2 rings (SSSR count). The number of pyridine rings is 1. The normalized spacial score (nSPS) is 20.9. The first-order valence-corrected chi connectivity index (χ1v) is 5.59. The van der Waals surface area contributed by atoms with E-state index < -0.39 is 0 Å². The summed E-state index contributed by atoms with van der Waals surface area (Å²) < 4.78 is 0.858. The number of nitrogens with one attached hydrogen (secondary N) is 1. The van der Waals surface area contributed by atoms with Crippen LogP contribution in [0.3, 0.4) is 0 Å². The van der Waals surface area contributed by atoms with Gasteiger partial charge in [-0.25, -0.2) is 4.98 Å². The average molecular weight is 284 g/mol. The molecule has 1 unspecified atom stereocenters. The first kappa shape index (κ1) is 11.1. The van der Waals surface area contributed by atoms with Crippen LogP contribution in [-0.2, 0) is 9.59 Å². The van der Waals surface area contributed by atoms with Crippen LogP contribution in [0.1, 0.15) is 6.92 Å². The van der Waals surface area contributed by atoms with Crippen LogP contribution in [-0.4, -0.2) is 29.4 Å². The molecule has 0 aromatic carbocycles. The fraction of sp³-hybridized carbons (Fsp3) is 0.300. The van der Waals surface area contributed by atoms with E-state index in [2.05, 4.69) is 26.2 Å². The molecule has 1 N–H and O–H groups in total.